The summed E-state index contributed by atoms with van der Waals surface area (Å²) in [6.45, 7) is 3.64. The summed E-state index contributed by atoms with van der Waals surface area (Å²) in [4.78, 5) is 16.3. The van der Waals surface area contributed by atoms with E-state index in [1.165, 1.54) is 11.4 Å². The Morgan fingerprint density at radius 2 is 2.09 bits per heavy atom. The van der Waals surface area contributed by atoms with Crippen molar-refractivity contribution in [2.75, 3.05) is 6.61 Å². The molecule has 2 atom stereocenters. The van der Waals surface area contributed by atoms with Crippen LogP contribution < -0.4 is 0 Å². The summed E-state index contributed by atoms with van der Waals surface area (Å²) in [5.41, 5.74) is -0.199. The van der Waals surface area contributed by atoms with Crippen molar-refractivity contribution >= 4 is 17.1 Å². The van der Waals surface area contributed by atoms with Crippen LogP contribution in [0.15, 0.2) is 23.6 Å². The summed E-state index contributed by atoms with van der Waals surface area (Å²) in [7, 11) is 0. The van der Waals surface area contributed by atoms with Crippen LogP contribution in [0.5, 0.6) is 0 Å². The first kappa shape index (κ1) is 17.2. The first-order chi connectivity index (χ1) is 11.0. The van der Waals surface area contributed by atoms with Crippen molar-refractivity contribution in [3.05, 3.63) is 40.2 Å². The van der Waals surface area contributed by atoms with E-state index in [4.69, 9.17) is 4.74 Å². The largest absolute Gasteiger partial charge is 0.371 e. The van der Waals surface area contributed by atoms with Gasteiger partial charge in [0.2, 0.25) is 0 Å². The number of ketones is 1. The summed E-state index contributed by atoms with van der Waals surface area (Å²) < 4.78 is 32.8. The van der Waals surface area contributed by atoms with E-state index in [2.05, 4.69) is 4.98 Å². The number of aromatic nitrogens is 1. The molecule has 0 fully saturated rings. The average Bonchev–Trinajstić information content (AvgIpc) is 2.97. The Kier molecular flexibility index (Phi) is 5.53. The van der Waals surface area contributed by atoms with Crippen molar-refractivity contribution in [2.24, 2.45) is 0 Å². The molecule has 2 unspecified atom stereocenters. The number of carbonyl (C=O) groups excluding carboxylic acids is 1. The number of hydrogen-bond acceptors (Lipinski definition) is 5. The highest BCUT2D eigenvalue weighted by atomic mass is 32.1. The molecule has 0 aliphatic rings. The number of ether oxygens (including phenoxy) is 1. The van der Waals surface area contributed by atoms with Gasteiger partial charge in [-0.25, -0.2) is 13.8 Å². The number of benzene rings is 1. The van der Waals surface area contributed by atoms with Gasteiger partial charge in [0.25, 0.3) is 0 Å². The number of thiazole rings is 1. The molecule has 2 rings (SSSR count). The van der Waals surface area contributed by atoms with E-state index in [1.807, 2.05) is 6.07 Å². The number of halogens is 2. The third kappa shape index (κ3) is 3.60. The standard InChI is InChI=1S/C16H14F2N2O2S/c1-3-22-9(2)15(21)10(7-19)16-20-13(8-23-16)14-11(17)5-4-6-12(14)18/h4-6,8-10H,3H2,1-2H3. The molecule has 0 amide bonds. The summed E-state index contributed by atoms with van der Waals surface area (Å²) in [5.74, 6) is -3.04. The summed E-state index contributed by atoms with van der Waals surface area (Å²) in [6.07, 6.45) is -0.748. The second kappa shape index (κ2) is 7.40. The average molecular weight is 336 g/mol. The first-order valence-electron chi connectivity index (χ1n) is 6.94. The van der Waals surface area contributed by atoms with Crippen LogP contribution in [-0.2, 0) is 9.53 Å². The molecule has 1 aromatic heterocycles. The predicted octanol–water partition coefficient (Wildman–Crippen LogP) is 3.69. The summed E-state index contributed by atoms with van der Waals surface area (Å²) in [5, 5.41) is 10.9. The third-order valence-corrected chi connectivity index (χ3v) is 4.13. The zero-order chi connectivity index (χ0) is 17.0. The highest BCUT2D eigenvalue weighted by molar-refractivity contribution is 7.10. The highest BCUT2D eigenvalue weighted by Gasteiger charge is 2.29. The number of carbonyl (C=O) groups is 1. The van der Waals surface area contributed by atoms with E-state index >= 15 is 0 Å². The van der Waals surface area contributed by atoms with Crippen LogP contribution in [0.3, 0.4) is 0 Å². The van der Waals surface area contributed by atoms with E-state index in [0.717, 1.165) is 23.5 Å². The fourth-order valence-corrected chi connectivity index (χ4v) is 2.94. The zero-order valence-electron chi connectivity index (χ0n) is 12.5. The van der Waals surface area contributed by atoms with Crippen LogP contribution in [0, 0.1) is 23.0 Å². The van der Waals surface area contributed by atoms with Gasteiger partial charge in [-0.05, 0) is 26.0 Å². The van der Waals surface area contributed by atoms with Crippen molar-refractivity contribution in [1.82, 2.24) is 4.98 Å². The quantitative estimate of drug-likeness (QED) is 0.807. The van der Waals surface area contributed by atoms with Crippen LogP contribution >= 0.6 is 11.3 Å². The molecule has 7 heteroatoms. The summed E-state index contributed by atoms with van der Waals surface area (Å²) in [6, 6.07) is 5.39. The number of nitrogens with zero attached hydrogens (tertiary/aromatic N) is 2. The van der Waals surface area contributed by atoms with Gasteiger partial charge in [-0.3, -0.25) is 4.79 Å². The van der Waals surface area contributed by atoms with Gasteiger partial charge in [0.15, 0.2) is 11.7 Å². The van der Waals surface area contributed by atoms with Crippen LogP contribution in [0.2, 0.25) is 0 Å². The topological polar surface area (TPSA) is 63.0 Å². The Bertz CT molecular complexity index is 735. The lowest BCUT2D eigenvalue weighted by atomic mass is 10.0. The molecular weight excluding hydrogens is 322 g/mol. The van der Waals surface area contributed by atoms with Gasteiger partial charge in [-0.15, -0.1) is 11.3 Å². The Labute approximate surface area is 136 Å². The smallest absolute Gasteiger partial charge is 0.185 e. The molecule has 0 aliphatic carbocycles. The number of nitriles is 1. The fourth-order valence-electron chi connectivity index (χ4n) is 2.08. The van der Waals surface area contributed by atoms with E-state index in [-0.39, 0.29) is 16.3 Å². The number of hydrogen-bond donors (Lipinski definition) is 0. The lowest BCUT2D eigenvalue weighted by Gasteiger charge is -2.12. The van der Waals surface area contributed by atoms with Crippen LogP contribution in [0.25, 0.3) is 11.3 Å². The molecule has 0 N–H and O–H groups in total. The highest BCUT2D eigenvalue weighted by Crippen LogP contribution is 2.30. The van der Waals surface area contributed by atoms with Gasteiger partial charge in [0.05, 0.1) is 17.3 Å². The van der Waals surface area contributed by atoms with Crippen molar-refractivity contribution in [1.29, 1.82) is 5.26 Å². The lowest BCUT2D eigenvalue weighted by Crippen LogP contribution is -2.26. The molecule has 0 saturated carbocycles. The molecule has 0 spiro atoms. The molecule has 0 bridgehead atoms. The molecule has 1 heterocycles. The van der Waals surface area contributed by atoms with E-state index in [9.17, 15) is 18.8 Å². The molecule has 23 heavy (non-hydrogen) atoms. The Hall–Kier alpha value is -2.17. The molecule has 1 aromatic carbocycles. The van der Waals surface area contributed by atoms with Gasteiger partial charge >= 0.3 is 0 Å². The SMILES string of the molecule is CCOC(C)C(=O)C(C#N)c1nc(-c2c(F)cccc2F)cs1. The Balaban J connectivity index is 2.34. The minimum absolute atomic E-state index is 0.0673. The molecule has 0 aliphatic heterocycles. The summed E-state index contributed by atoms with van der Waals surface area (Å²) >= 11 is 1.01. The van der Waals surface area contributed by atoms with Gasteiger partial charge in [0.1, 0.15) is 22.7 Å². The number of Topliss-reactive ketones (excluding diaryl/α,β-unsaturated/α-hetero) is 1. The van der Waals surface area contributed by atoms with Gasteiger partial charge < -0.3 is 4.74 Å². The van der Waals surface area contributed by atoms with Gasteiger partial charge in [-0.1, -0.05) is 6.07 Å². The van der Waals surface area contributed by atoms with E-state index in [0.29, 0.717) is 6.61 Å². The van der Waals surface area contributed by atoms with Crippen molar-refractivity contribution in [2.45, 2.75) is 25.9 Å². The minimum Gasteiger partial charge on any atom is -0.371 e. The number of rotatable bonds is 6. The third-order valence-electron chi connectivity index (χ3n) is 3.22. The maximum absolute atomic E-state index is 13.8. The second-order valence-electron chi connectivity index (χ2n) is 4.73. The fraction of sp³-hybridized carbons (Fsp3) is 0.312. The van der Waals surface area contributed by atoms with Crippen molar-refractivity contribution in [3.63, 3.8) is 0 Å². The van der Waals surface area contributed by atoms with Gasteiger partial charge in [0, 0.05) is 12.0 Å². The van der Waals surface area contributed by atoms with Crippen LogP contribution in [0.4, 0.5) is 8.78 Å². The minimum atomic E-state index is -1.12. The van der Waals surface area contributed by atoms with Crippen molar-refractivity contribution < 1.29 is 18.3 Å². The van der Waals surface area contributed by atoms with Gasteiger partial charge in [-0.2, -0.15) is 5.26 Å². The molecule has 0 saturated heterocycles. The molecule has 2 aromatic rings. The Morgan fingerprint density at radius 3 is 2.65 bits per heavy atom. The first-order valence-corrected chi connectivity index (χ1v) is 7.82. The predicted molar refractivity (Wildman–Crippen MR) is 81.9 cm³/mol. The van der Waals surface area contributed by atoms with Crippen LogP contribution in [0.1, 0.15) is 24.8 Å². The normalized spacial score (nSPS) is 13.3. The second-order valence-corrected chi connectivity index (χ2v) is 5.62. The van der Waals surface area contributed by atoms with Crippen LogP contribution in [-0.4, -0.2) is 23.5 Å². The maximum atomic E-state index is 13.8. The van der Waals surface area contributed by atoms with Crippen molar-refractivity contribution in [3.8, 4) is 17.3 Å². The maximum Gasteiger partial charge on any atom is 0.185 e. The van der Waals surface area contributed by atoms with E-state index < -0.39 is 29.4 Å². The molecule has 4 nitrogen and oxygen atoms in total. The van der Waals surface area contributed by atoms with E-state index in [1.54, 1.807) is 13.8 Å². The lowest BCUT2D eigenvalue weighted by molar-refractivity contribution is -0.129. The zero-order valence-corrected chi connectivity index (χ0v) is 13.4. The molecule has 120 valence electrons. The molecular formula is C16H14F2N2O2S. The monoisotopic (exact) mass is 336 g/mol. The Morgan fingerprint density at radius 1 is 1.43 bits per heavy atom. The molecule has 0 radical (unpaired) electrons.